The van der Waals surface area contributed by atoms with Crippen LogP contribution in [0.4, 0.5) is 4.39 Å². The van der Waals surface area contributed by atoms with Gasteiger partial charge in [0.1, 0.15) is 11.6 Å². The molecule has 0 spiro atoms. The van der Waals surface area contributed by atoms with Gasteiger partial charge in [0.2, 0.25) is 0 Å². The third-order valence-electron chi connectivity index (χ3n) is 2.70. The first-order valence-electron chi connectivity index (χ1n) is 5.19. The van der Waals surface area contributed by atoms with Crippen molar-refractivity contribution in [3.63, 3.8) is 0 Å². The molecule has 0 radical (unpaired) electrons. The van der Waals surface area contributed by atoms with Gasteiger partial charge in [-0.25, -0.2) is 4.39 Å². The molecule has 2 rings (SSSR count). The van der Waals surface area contributed by atoms with Crippen molar-refractivity contribution in [1.29, 1.82) is 0 Å². The second-order valence-electron chi connectivity index (χ2n) is 4.08. The average Bonchev–Trinajstić information content (AvgIpc) is 3.06. The van der Waals surface area contributed by atoms with E-state index in [4.69, 9.17) is 11.6 Å². The van der Waals surface area contributed by atoms with Crippen molar-refractivity contribution in [2.45, 2.75) is 24.1 Å². The number of hydrogen-bond donors (Lipinski definition) is 0. The van der Waals surface area contributed by atoms with Gasteiger partial charge in [0.05, 0.1) is 4.83 Å². The average molecular weight is 306 g/mol. The Kier molecular flexibility index (Phi) is 3.65. The van der Waals surface area contributed by atoms with Gasteiger partial charge in [0.25, 0.3) is 0 Å². The minimum absolute atomic E-state index is 0.205. The van der Waals surface area contributed by atoms with Crippen LogP contribution in [-0.4, -0.2) is 10.6 Å². The summed E-state index contributed by atoms with van der Waals surface area (Å²) in [5.41, 5.74) is 0.678. The van der Waals surface area contributed by atoms with E-state index in [9.17, 15) is 9.18 Å². The smallest absolute Gasteiger partial charge is 0.149 e. The van der Waals surface area contributed by atoms with Crippen molar-refractivity contribution in [2.75, 3.05) is 0 Å². The van der Waals surface area contributed by atoms with Gasteiger partial charge in [0, 0.05) is 10.9 Å². The van der Waals surface area contributed by atoms with Crippen LogP contribution in [0.2, 0.25) is 5.02 Å². The quantitative estimate of drug-likeness (QED) is 0.774. The van der Waals surface area contributed by atoms with Gasteiger partial charge < -0.3 is 0 Å². The summed E-state index contributed by atoms with van der Waals surface area (Å²) in [4.78, 5) is 11.5. The van der Waals surface area contributed by atoms with Crippen molar-refractivity contribution in [1.82, 2.24) is 0 Å². The molecule has 1 aliphatic carbocycles. The number of benzene rings is 1. The molecule has 0 amide bonds. The van der Waals surface area contributed by atoms with E-state index in [1.807, 2.05) is 0 Å². The lowest BCUT2D eigenvalue weighted by Gasteiger charge is -2.09. The topological polar surface area (TPSA) is 17.1 Å². The van der Waals surface area contributed by atoms with E-state index in [1.165, 1.54) is 18.2 Å². The van der Waals surface area contributed by atoms with Crippen molar-refractivity contribution in [3.05, 3.63) is 34.6 Å². The van der Waals surface area contributed by atoms with E-state index in [-0.39, 0.29) is 22.3 Å². The van der Waals surface area contributed by atoms with Crippen LogP contribution < -0.4 is 0 Å². The summed E-state index contributed by atoms with van der Waals surface area (Å²) in [6, 6.07) is 4.22. The number of alkyl halides is 1. The predicted molar refractivity (Wildman–Crippen MR) is 65.6 cm³/mol. The Hall–Kier alpha value is -0.410. The Labute approximate surface area is 107 Å². The Bertz CT molecular complexity index is 417. The molecule has 1 aromatic rings. The predicted octanol–water partition coefficient (Wildman–Crippen LogP) is 3.76. The number of carbonyl (C=O) groups is 1. The van der Waals surface area contributed by atoms with E-state index in [0.29, 0.717) is 17.0 Å². The summed E-state index contributed by atoms with van der Waals surface area (Å²) in [5, 5.41) is 0.509. The molecule has 0 aliphatic heterocycles. The highest BCUT2D eigenvalue weighted by Gasteiger charge is 2.33. The maximum absolute atomic E-state index is 13.0. The Morgan fingerprint density at radius 3 is 2.88 bits per heavy atom. The molecule has 16 heavy (non-hydrogen) atoms. The van der Waals surface area contributed by atoms with Crippen molar-refractivity contribution < 1.29 is 9.18 Å². The van der Waals surface area contributed by atoms with Crippen LogP contribution in [0.5, 0.6) is 0 Å². The second kappa shape index (κ2) is 4.84. The van der Waals surface area contributed by atoms with E-state index >= 15 is 0 Å². The van der Waals surface area contributed by atoms with Crippen LogP contribution in [0.1, 0.15) is 18.4 Å². The zero-order chi connectivity index (χ0) is 11.7. The summed E-state index contributed by atoms with van der Waals surface area (Å²) in [6.07, 6.45) is 2.42. The van der Waals surface area contributed by atoms with Crippen LogP contribution in [0.3, 0.4) is 0 Å². The highest BCUT2D eigenvalue weighted by atomic mass is 79.9. The van der Waals surface area contributed by atoms with Gasteiger partial charge in [-0.3, -0.25) is 4.79 Å². The Morgan fingerprint density at radius 1 is 1.56 bits per heavy atom. The van der Waals surface area contributed by atoms with E-state index in [2.05, 4.69) is 15.9 Å². The number of rotatable bonds is 4. The molecule has 86 valence electrons. The minimum atomic E-state index is -0.321. The molecule has 4 heteroatoms. The lowest BCUT2D eigenvalue weighted by atomic mass is 10.1. The van der Waals surface area contributed by atoms with Crippen LogP contribution in [0, 0.1) is 11.7 Å². The van der Waals surface area contributed by atoms with E-state index in [1.54, 1.807) is 0 Å². The van der Waals surface area contributed by atoms with Crippen molar-refractivity contribution >= 4 is 33.3 Å². The SMILES string of the molecule is O=C(C(Br)Cc1cc(F)ccc1Cl)C1CC1. The van der Waals surface area contributed by atoms with E-state index in [0.717, 1.165) is 12.8 Å². The lowest BCUT2D eigenvalue weighted by Crippen LogP contribution is -2.18. The minimum Gasteiger partial charge on any atom is -0.298 e. The summed E-state index contributed by atoms with van der Waals surface area (Å²) in [5.74, 6) is 0.0926. The molecule has 1 saturated carbocycles. The van der Waals surface area contributed by atoms with E-state index < -0.39 is 0 Å². The molecular formula is C12H11BrClFO. The summed E-state index contributed by atoms with van der Waals surface area (Å²) in [7, 11) is 0. The van der Waals surface area contributed by atoms with Gasteiger partial charge in [-0.15, -0.1) is 0 Å². The molecule has 0 saturated heterocycles. The first-order chi connectivity index (χ1) is 7.58. The highest BCUT2D eigenvalue weighted by Crippen LogP contribution is 2.33. The number of ketones is 1. The monoisotopic (exact) mass is 304 g/mol. The maximum Gasteiger partial charge on any atom is 0.149 e. The van der Waals surface area contributed by atoms with Gasteiger partial charge >= 0.3 is 0 Å². The summed E-state index contributed by atoms with van der Waals surface area (Å²) >= 11 is 9.29. The number of hydrogen-bond acceptors (Lipinski definition) is 1. The fourth-order valence-electron chi connectivity index (χ4n) is 1.62. The molecule has 1 aliphatic rings. The zero-order valence-electron chi connectivity index (χ0n) is 8.55. The second-order valence-corrected chi connectivity index (χ2v) is 5.60. The molecular weight excluding hydrogens is 294 g/mol. The normalized spacial score (nSPS) is 17.2. The number of Topliss-reactive ketones (excluding diaryl/α,β-unsaturated/α-hetero) is 1. The Balaban J connectivity index is 2.07. The first kappa shape index (κ1) is 12.1. The Morgan fingerprint density at radius 2 is 2.25 bits per heavy atom. The zero-order valence-corrected chi connectivity index (χ0v) is 10.9. The molecule has 0 heterocycles. The molecule has 1 aromatic carbocycles. The third-order valence-corrected chi connectivity index (χ3v) is 3.84. The maximum atomic E-state index is 13.0. The highest BCUT2D eigenvalue weighted by molar-refractivity contribution is 9.10. The largest absolute Gasteiger partial charge is 0.298 e. The summed E-state index contributed by atoms with van der Waals surface area (Å²) in [6.45, 7) is 0. The number of carbonyl (C=O) groups excluding carboxylic acids is 1. The molecule has 1 unspecified atom stereocenters. The molecule has 1 fully saturated rings. The van der Waals surface area contributed by atoms with Crippen molar-refractivity contribution in [2.24, 2.45) is 5.92 Å². The first-order valence-corrected chi connectivity index (χ1v) is 6.49. The van der Waals surface area contributed by atoms with Crippen LogP contribution in [-0.2, 0) is 11.2 Å². The van der Waals surface area contributed by atoms with Gasteiger partial charge in [-0.05, 0) is 43.0 Å². The fraction of sp³-hybridized carbons (Fsp3) is 0.417. The number of halogens is 3. The van der Waals surface area contributed by atoms with Gasteiger partial charge in [-0.1, -0.05) is 27.5 Å². The van der Waals surface area contributed by atoms with Gasteiger partial charge in [0.15, 0.2) is 0 Å². The van der Waals surface area contributed by atoms with Crippen LogP contribution in [0.15, 0.2) is 18.2 Å². The standard InChI is InChI=1S/C12H11BrClFO/c13-10(12(16)7-1-2-7)6-8-5-9(15)3-4-11(8)14/h3-5,7,10H,1-2,6H2. The molecule has 0 bridgehead atoms. The summed E-state index contributed by atoms with van der Waals surface area (Å²) < 4.78 is 13.0. The third kappa shape index (κ3) is 2.83. The molecule has 0 aromatic heterocycles. The van der Waals surface area contributed by atoms with Gasteiger partial charge in [-0.2, -0.15) is 0 Å². The molecule has 1 atom stereocenters. The molecule has 0 N–H and O–H groups in total. The van der Waals surface area contributed by atoms with Crippen LogP contribution in [0.25, 0.3) is 0 Å². The van der Waals surface area contributed by atoms with Crippen LogP contribution >= 0.6 is 27.5 Å². The van der Waals surface area contributed by atoms with Crippen molar-refractivity contribution in [3.8, 4) is 0 Å². The lowest BCUT2D eigenvalue weighted by molar-refractivity contribution is -0.119. The fourth-order valence-corrected chi connectivity index (χ4v) is 2.53. The molecule has 1 nitrogen and oxygen atoms in total.